The second kappa shape index (κ2) is 15.2. The van der Waals surface area contributed by atoms with Crippen LogP contribution in [-0.4, -0.2) is 72.5 Å². The zero-order chi connectivity index (χ0) is 32.4. The number of carboxylic acid groups (broad SMARTS) is 1. The average Bonchev–Trinajstić information content (AvgIpc) is 2.91. The molecule has 1 atom stereocenters. The molecular weight excluding hydrogens is 605 g/mol. The van der Waals surface area contributed by atoms with Crippen LogP contribution in [0, 0.1) is 11.6 Å². The summed E-state index contributed by atoms with van der Waals surface area (Å²) in [6.45, 7) is 0.837. The molecule has 0 fully saturated rings. The van der Waals surface area contributed by atoms with Crippen molar-refractivity contribution in [2.45, 2.75) is 56.7 Å². The second-order valence-electron chi connectivity index (χ2n) is 9.14. The molecule has 0 saturated carbocycles. The maximum atomic E-state index is 13.6. The van der Waals surface area contributed by atoms with Gasteiger partial charge in [0.1, 0.15) is 18.1 Å². The summed E-state index contributed by atoms with van der Waals surface area (Å²) < 4.78 is 133. The topological polar surface area (TPSA) is 85.3 Å². The lowest BCUT2D eigenvalue weighted by atomic mass is 10.0. The van der Waals surface area contributed by atoms with Crippen molar-refractivity contribution in [3.05, 3.63) is 59.7 Å². The lowest BCUT2D eigenvalue weighted by Crippen LogP contribution is -2.51. The molecule has 2 rings (SSSR count). The number of rotatable bonds is 16. The van der Waals surface area contributed by atoms with Gasteiger partial charge >= 0.3 is 30.1 Å². The lowest BCUT2D eigenvalue weighted by Gasteiger charge is -2.28. The second-order valence-corrected chi connectivity index (χ2v) is 9.14. The number of unbranched alkanes of at least 4 members (excludes halogenated alkanes) is 1. The molecule has 240 valence electrons. The number of carbonyl (C=O) groups is 2. The van der Waals surface area contributed by atoms with E-state index in [0.29, 0.717) is 17.7 Å². The van der Waals surface area contributed by atoms with Crippen LogP contribution in [0.5, 0.6) is 11.5 Å². The highest BCUT2D eigenvalue weighted by Crippen LogP contribution is 2.48. The Morgan fingerprint density at radius 3 is 2.07 bits per heavy atom. The van der Waals surface area contributed by atoms with Gasteiger partial charge in [0.2, 0.25) is 0 Å². The van der Waals surface area contributed by atoms with Crippen LogP contribution in [0.25, 0.3) is 0 Å². The monoisotopic (exact) mass is 633 g/mol. The maximum Gasteiger partial charge on any atom is 0.459 e. The fourth-order valence-corrected chi connectivity index (χ4v) is 3.64. The predicted octanol–water partition coefficient (Wildman–Crippen LogP) is 6.88. The van der Waals surface area contributed by atoms with E-state index in [1.54, 1.807) is 19.1 Å². The Morgan fingerprint density at radius 1 is 0.884 bits per heavy atom. The van der Waals surface area contributed by atoms with E-state index >= 15 is 0 Å². The molecule has 0 spiro atoms. The van der Waals surface area contributed by atoms with Crippen molar-refractivity contribution in [3.8, 4) is 11.5 Å². The van der Waals surface area contributed by atoms with Crippen LogP contribution in [0.1, 0.15) is 31.7 Å². The largest absolute Gasteiger partial charge is 0.492 e. The highest BCUT2D eigenvalue weighted by atomic mass is 19.4. The van der Waals surface area contributed by atoms with Crippen molar-refractivity contribution in [1.29, 1.82) is 0 Å². The third kappa shape index (κ3) is 10.2. The number of halogens is 9. The van der Waals surface area contributed by atoms with Gasteiger partial charge < -0.3 is 24.2 Å². The molecule has 0 saturated heterocycles. The van der Waals surface area contributed by atoms with Gasteiger partial charge in [-0.1, -0.05) is 12.1 Å². The first-order valence-corrected chi connectivity index (χ1v) is 12.8. The first kappa shape index (κ1) is 35.5. The van der Waals surface area contributed by atoms with E-state index < -0.39 is 79.4 Å². The van der Waals surface area contributed by atoms with Gasteiger partial charge in [-0.05, 0) is 49.6 Å². The van der Waals surface area contributed by atoms with Gasteiger partial charge in [-0.15, -0.1) is 0 Å². The Kier molecular flexibility index (Phi) is 12.5. The zero-order valence-corrected chi connectivity index (χ0v) is 22.6. The highest BCUT2D eigenvalue weighted by molar-refractivity contribution is 5.72. The molecule has 43 heavy (non-hydrogen) atoms. The molecule has 2 aromatic carbocycles. The fraction of sp³-hybridized carbons (Fsp3) is 0.481. The van der Waals surface area contributed by atoms with Crippen molar-refractivity contribution in [2.24, 2.45) is 0 Å². The normalized spacial score (nSPS) is 13.0. The average molecular weight is 634 g/mol. The summed E-state index contributed by atoms with van der Waals surface area (Å²) in [6, 6.07) is 8.27. The molecule has 0 aliphatic heterocycles. The van der Waals surface area contributed by atoms with Crippen molar-refractivity contribution in [1.82, 2.24) is 4.90 Å². The van der Waals surface area contributed by atoms with Gasteiger partial charge in [0.05, 0.1) is 6.54 Å². The standard InChI is InChI=1S/C27H28F9NO6/c1-2-41-22(23(38)39)15-17-5-7-18(8-6-17)42-14-13-37(24(40)43-19-9-10-20(28)21(29)16-19)12-4-3-11-25(30,31)26(32,33)27(34,35)36/h5-10,16,22H,2-4,11-15H2,1H3,(H,38,39). The minimum absolute atomic E-state index is 0.0704. The number of alkyl halides is 7. The summed E-state index contributed by atoms with van der Waals surface area (Å²) >= 11 is 0. The van der Waals surface area contributed by atoms with Gasteiger partial charge in [-0.3, -0.25) is 0 Å². The SMILES string of the molecule is CCOC(Cc1ccc(OCCN(CCCCC(F)(F)C(F)(F)C(F)(F)F)C(=O)Oc2ccc(F)c(F)c2)cc1)C(=O)O. The maximum absolute atomic E-state index is 13.6. The molecule has 1 amide bonds. The fourth-order valence-electron chi connectivity index (χ4n) is 3.64. The molecule has 0 aliphatic carbocycles. The third-order valence-corrected chi connectivity index (χ3v) is 5.96. The van der Waals surface area contributed by atoms with Gasteiger partial charge in [-0.25, -0.2) is 18.4 Å². The van der Waals surface area contributed by atoms with Gasteiger partial charge in [0.25, 0.3) is 0 Å². The van der Waals surface area contributed by atoms with Gasteiger partial charge in [0, 0.05) is 32.1 Å². The third-order valence-electron chi connectivity index (χ3n) is 5.96. The highest BCUT2D eigenvalue weighted by Gasteiger charge is 2.72. The number of benzene rings is 2. The molecule has 1 unspecified atom stereocenters. The first-order chi connectivity index (χ1) is 20.0. The summed E-state index contributed by atoms with van der Waals surface area (Å²) in [5.74, 6) is -15.5. The number of nitrogens with zero attached hydrogens (tertiary/aromatic N) is 1. The first-order valence-electron chi connectivity index (χ1n) is 12.8. The van der Waals surface area contributed by atoms with Crippen LogP contribution in [0.15, 0.2) is 42.5 Å². The van der Waals surface area contributed by atoms with Crippen LogP contribution >= 0.6 is 0 Å². The molecule has 2 aromatic rings. The smallest absolute Gasteiger partial charge is 0.459 e. The number of carboxylic acids is 1. The van der Waals surface area contributed by atoms with Crippen molar-refractivity contribution >= 4 is 12.1 Å². The van der Waals surface area contributed by atoms with E-state index in [-0.39, 0.29) is 31.9 Å². The van der Waals surface area contributed by atoms with Crippen molar-refractivity contribution in [2.75, 3.05) is 26.3 Å². The van der Waals surface area contributed by atoms with Crippen LogP contribution in [0.3, 0.4) is 0 Å². The van der Waals surface area contributed by atoms with Gasteiger partial charge in [-0.2, -0.15) is 30.7 Å². The van der Waals surface area contributed by atoms with E-state index in [0.717, 1.165) is 11.0 Å². The number of hydrogen-bond donors (Lipinski definition) is 1. The Bertz CT molecular complexity index is 1210. The number of hydrogen-bond acceptors (Lipinski definition) is 5. The minimum Gasteiger partial charge on any atom is -0.492 e. The molecule has 0 aliphatic rings. The molecule has 1 N–H and O–H groups in total. The van der Waals surface area contributed by atoms with E-state index in [2.05, 4.69) is 0 Å². The van der Waals surface area contributed by atoms with E-state index in [1.807, 2.05) is 0 Å². The Balaban J connectivity index is 2.03. The molecular formula is C27H28F9NO6. The quantitative estimate of drug-likeness (QED) is 0.160. The molecule has 0 aromatic heterocycles. The molecule has 0 heterocycles. The summed E-state index contributed by atoms with van der Waals surface area (Å²) in [5, 5.41) is 9.19. The van der Waals surface area contributed by atoms with Gasteiger partial charge in [0.15, 0.2) is 17.7 Å². The molecule has 0 bridgehead atoms. The summed E-state index contributed by atoms with van der Waals surface area (Å²) in [4.78, 5) is 24.8. The Labute approximate surface area is 240 Å². The summed E-state index contributed by atoms with van der Waals surface area (Å²) in [7, 11) is 0. The number of ether oxygens (including phenoxy) is 3. The molecule has 7 nitrogen and oxygen atoms in total. The zero-order valence-electron chi connectivity index (χ0n) is 22.6. The Morgan fingerprint density at radius 2 is 1.51 bits per heavy atom. The summed E-state index contributed by atoms with van der Waals surface area (Å²) in [5.41, 5.74) is 0.609. The number of aliphatic carboxylic acids is 1. The van der Waals surface area contributed by atoms with E-state index in [9.17, 15) is 54.2 Å². The Hall–Kier alpha value is -3.69. The van der Waals surface area contributed by atoms with Crippen LogP contribution in [0.2, 0.25) is 0 Å². The van der Waals surface area contributed by atoms with E-state index in [1.165, 1.54) is 12.1 Å². The van der Waals surface area contributed by atoms with Crippen LogP contribution in [0.4, 0.5) is 44.3 Å². The minimum atomic E-state index is -6.46. The van der Waals surface area contributed by atoms with E-state index in [4.69, 9.17) is 14.2 Å². The van der Waals surface area contributed by atoms with Crippen molar-refractivity contribution in [3.63, 3.8) is 0 Å². The van der Waals surface area contributed by atoms with Crippen LogP contribution < -0.4 is 9.47 Å². The summed E-state index contributed by atoms with van der Waals surface area (Å²) in [6.07, 6.45) is -11.8. The number of carbonyl (C=O) groups excluding carboxylic acids is 1. The molecule has 16 heteroatoms. The predicted molar refractivity (Wildman–Crippen MR) is 132 cm³/mol. The van der Waals surface area contributed by atoms with Crippen LogP contribution in [-0.2, 0) is 16.0 Å². The lowest BCUT2D eigenvalue weighted by molar-refractivity contribution is -0.355. The number of amides is 1. The molecule has 0 radical (unpaired) electrons. The van der Waals surface area contributed by atoms with Crippen molar-refractivity contribution < 1.29 is 68.4 Å².